The van der Waals surface area contributed by atoms with Gasteiger partial charge in [0.1, 0.15) is 17.3 Å². The molecule has 9 nitrogen and oxygen atoms in total. The number of ketones is 3. The maximum Gasteiger partial charge on any atom is 3.00 e. The number of carbonyl (C=O) groups is 6. The van der Waals surface area contributed by atoms with Gasteiger partial charge in [-0.1, -0.05) is 83.1 Å². The largest absolute Gasteiger partial charge is 3.00 e. The Labute approximate surface area is 232 Å². The summed E-state index contributed by atoms with van der Waals surface area (Å²) in [5, 5.41) is 31.8. The van der Waals surface area contributed by atoms with Gasteiger partial charge in [0.05, 0.1) is 35.7 Å². The molecule has 215 valence electrons. The minimum atomic E-state index is -1.27. The Morgan fingerprint density at radius 3 is 0.622 bits per heavy atom. The van der Waals surface area contributed by atoms with Gasteiger partial charge in [-0.2, -0.15) is 0 Å². The predicted molar refractivity (Wildman–Crippen MR) is 130 cm³/mol. The summed E-state index contributed by atoms with van der Waals surface area (Å²) in [5.74, 6) is -7.54. The Morgan fingerprint density at radius 1 is 0.459 bits per heavy atom. The van der Waals surface area contributed by atoms with Crippen LogP contribution in [0.3, 0.4) is 0 Å². The average Bonchev–Trinajstić information content (AvgIpc) is 2.64. The van der Waals surface area contributed by atoms with Crippen LogP contribution in [0.25, 0.3) is 0 Å². The molecule has 10 heteroatoms. The Morgan fingerprint density at radius 2 is 0.595 bits per heavy atom. The molecule has 0 N–H and O–H groups in total. The van der Waals surface area contributed by atoms with E-state index in [1.165, 1.54) is 0 Å². The van der Waals surface area contributed by atoms with Crippen LogP contribution in [0.15, 0.2) is 0 Å². The van der Waals surface area contributed by atoms with Crippen molar-refractivity contribution in [2.75, 3.05) is 0 Å². The molecule has 0 spiro atoms. The summed E-state index contributed by atoms with van der Waals surface area (Å²) in [6.45, 7) is 20.5. The van der Waals surface area contributed by atoms with E-state index in [2.05, 4.69) is 0 Å². The summed E-state index contributed by atoms with van der Waals surface area (Å²) in [6, 6.07) is 0. The number of rotatable bonds is 9. The SMILES string of the molecule is CCC(=O)C(C(=O)[O-])C(C)(C)C.CCC(=O)C(C(=O)[O-])C(C)(C)C.CCC(=O)C(C(=O)[O-])C(C)(C)C.[Fe+3]. The molecule has 3 unspecified atom stereocenters. The zero-order chi connectivity index (χ0) is 29.8. The molecule has 0 bridgehead atoms. The van der Waals surface area contributed by atoms with E-state index in [0.29, 0.717) is 0 Å². The van der Waals surface area contributed by atoms with Gasteiger partial charge in [0.25, 0.3) is 0 Å². The van der Waals surface area contributed by atoms with Gasteiger partial charge in [-0.05, 0) is 16.2 Å². The molecule has 0 saturated carbocycles. The van der Waals surface area contributed by atoms with Crippen LogP contribution in [0.1, 0.15) is 102 Å². The van der Waals surface area contributed by atoms with E-state index in [1.807, 2.05) is 0 Å². The van der Waals surface area contributed by atoms with Crippen molar-refractivity contribution < 1.29 is 61.2 Å². The fourth-order valence-corrected chi connectivity index (χ4v) is 3.52. The zero-order valence-corrected chi connectivity index (χ0v) is 25.5. The first-order valence-electron chi connectivity index (χ1n) is 12.1. The van der Waals surface area contributed by atoms with Crippen LogP contribution in [0.5, 0.6) is 0 Å². The van der Waals surface area contributed by atoms with Crippen LogP contribution < -0.4 is 15.3 Å². The molecule has 0 heterocycles. The van der Waals surface area contributed by atoms with Gasteiger partial charge in [0.2, 0.25) is 0 Å². The summed E-state index contributed by atoms with van der Waals surface area (Å²) >= 11 is 0. The van der Waals surface area contributed by atoms with Gasteiger partial charge >= 0.3 is 17.1 Å². The standard InChI is InChI=1S/3C9H16O3.Fe/c3*1-5-6(10)7(8(11)12)9(2,3)4;/h3*7H,5H2,1-4H3,(H,11,12);/q;;;+3/p-3. The number of carboxylic acid groups (broad SMARTS) is 3. The number of carboxylic acids is 3. The van der Waals surface area contributed by atoms with E-state index in [0.717, 1.165) is 0 Å². The number of carbonyl (C=O) groups excluding carboxylic acids is 6. The van der Waals surface area contributed by atoms with E-state index in [9.17, 15) is 44.1 Å². The minimum absolute atomic E-state index is 0. The quantitative estimate of drug-likeness (QED) is 0.291. The van der Waals surface area contributed by atoms with Gasteiger partial charge in [-0.15, -0.1) is 0 Å². The van der Waals surface area contributed by atoms with Gasteiger partial charge in [0.15, 0.2) is 0 Å². The molecule has 0 aromatic heterocycles. The van der Waals surface area contributed by atoms with Crippen molar-refractivity contribution in [3.63, 3.8) is 0 Å². The Hall–Kier alpha value is -2.06. The fraction of sp³-hybridized carbons (Fsp3) is 0.778. The summed E-state index contributed by atoms with van der Waals surface area (Å²) < 4.78 is 0. The van der Waals surface area contributed by atoms with Crippen LogP contribution in [0, 0.1) is 34.0 Å². The molecular weight excluding hydrogens is 524 g/mol. The van der Waals surface area contributed by atoms with Crippen LogP contribution in [0.4, 0.5) is 0 Å². The van der Waals surface area contributed by atoms with Crippen LogP contribution in [-0.2, 0) is 45.8 Å². The Bertz CT molecular complexity index is 677. The summed E-state index contributed by atoms with van der Waals surface area (Å²) in [7, 11) is 0. The third kappa shape index (κ3) is 16.4. The summed E-state index contributed by atoms with van der Waals surface area (Å²) in [5.41, 5.74) is -1.65. The van der Waals surface area contributed by atoms with Crippen LogP contribution in [-0.4, -0.2) is 35.3 Å². The molecule has 0 amide bonds. The topological polar surface area (TPSA) is 172 Å². The van der Waals surface area contributed by atoms with Crippen molar-refractivity contribution in [3.8, 4) is 0 Å². The molecule has 0 aliphatic carbocycles. The maximum absolute atomic E-state index is 11.2. The van der Waals surface area contributed by atoms with Crippen molar-refractivity contribution in [3.05, 3.63) is 0 Å². The molecule has 0 aliphatic heterocycles. The maximum atomic E-state index is 11.2. The van der Waals surface area contributed by atoms with Gasteiger partial charge in [0, 0.05) is 19.3 Å². The predicted octanol–water partition coefficient (Wildman–Crippen LogP) is 1.13. The monoisotopic (exact) mass is 569 g/mol. The third-order valence-corrected chi connectivity index (χ3v) is 5.32. The molecule has 3 atom stereocenters. The van der Waals surface area contributed by atoms with Crippen LogP contribution in [0.2, 0.25) is 0 Å². The first-order valence-corrected chi connectivity index (χ1v) is 12.1. The second-order valence-corrected chi connectivity index (χ2v) is 11.8. The number of Topliss-reactive ketones (excluding diaryl/α,β-unsaturated/α-hetero) is 3. The summed E-state index contributed by atoms with van der Waals surface area (Å²) in [4.78, 5) is 65.4. The molecule has 0 aromatic carbocycles. The van der Waals surface area contributed by atoms with Gasteiger partial charge in [-0.25, -0.2) is 0 Å². The normalized spacial score (nSPS) is 13.6. The minimum Gasteiger partial charge on any atom is -0.549 e. The molecule has 0 fully saturated rings. The van der Waals surface area contributed by atoms with E-state index in [-0.39, 0.29) is 53.7 Å². The number of hydrogen-bond acceptors (Lipinski definition) is 9. The molecular formula is C27H45FeO9. The Balaban J connectivity index is -0.000000218. The molecule has 0 aromatic rings. The third-order valence-electron chi connectivity index (χ3n) is 5.32. The fourth-order valence-electron chi connectivity index (χ4n) is 3.52. The average molecular weight is 569 g/mol. The van der Waals surface area contributed by atoms with Crippen molar-refractivity contribution in [2.45, 2.75) is 102 Å². The van der Waals surface area contributed by atoms with E-state index in [1.54, 1.807) is 83.1 Å². The molecule has 0 saturated heterocycles. The van der Waals surface area contributed by atoms with Gasteiger partial charge in [-0.3, -0.25) is 14.4 Å². The molecule has 0 aliphatic rings. The zero-order valence-electron chi connectivity index (χ0n) is 24.4. The van der Waals surface area contributed by atoms with E-state index < -0.39 is 51.9 Å². The molecule has 37 heavy (non-hydrogen) atoms. The van der Waals surface area contributed by atoms with Crippen molar-refractivity contribution >= 4 is 35.3 Å². The molecule has 0 rings (SSSR count). The summed E-state index contributed by atoms with van der Waals surface area (Å²) in [6.07, 6.45) is 0.738. The molecule has 1 radical (unpaired) electrons. The first-order chi connectivity index (χ1) is 15.9. The smallest absolute Gasteiger partial charge is 0.549 e. The second-order valence-electron chi connectivity index (χ2n) is 11.8. The number of hydrogen-bond donors (Lipinski definition) is 0. The second kappa shape index (κ2) is 17.4. The van der Waals surface area contributed by atoms with Crippen LogP contribution >= 0.6 is 0 Å². The van der Waals surface area contributed by atoms with Crippen molar-refractivity contribution in [2.24, 2.45) is 34.0 Å². The van der Waals surface area contributed by atoms with Crippen molar-refractivity contribution in [1.29, 1.82) is 0 Å². The first kappa shape index (κ1) is 42.0. The van der Waals surface area contributed by atoms with E-state index in [4.69, 9.17) is 0 Å². The Kier molecular flexibility index (Phi) is 19.8. The van der Waals surface area contributed by atoms with E-state index >= 15 is 0 Å². The van der Waals surface area contributed by atoms with Crippen molar-refractivity contribution in [1.82, 2.24) is 0 Å². The number of aliphatic carboxylic acids is 3. The van der Waals surface area contributed by atoms with Gasteiger partial charge < -0.3 is 29.7 Å².